The van der Waals surface area contributed by atoms with Crippen molar-refractivity contribution >= 4 is 23.3 Å². The second kappa shape index (κ2) is 7.97. The van der Waals surface area contributed by atoms with Crippen LogP contribution in [0.2, 0.25) is 0 Å². The van der Waals surface area contributed by atoms with Crippen molar-refractivity contribution in [1.82, 2.24) is 5.32 Å². The molecule has 0 atom stereocenters. The molecule has 23 heavy (non-hydrogen) atoms. The summed E-state index contributed by atoms with van der Waals surface area (Å²) in [6.45, 7) is 5.46. The molecule has 0 aromatic heterocycles. The SMILES string of the molecule is COCCNC(=O)Nc1ccc2c(c1)N(C(=O)C(C)C)CCC2. The van der Waals surface area contributed by atoms with E-state index in [1.54, 1.807) is 7.11 Å². The highest BCUT2D eigenvalue weighted by atomic mass is 16.5. The first kappa shape index (κ1) is 17.3. The maximum atomic E-state index is 12.4. The maximum absolute atomic E-state index is 12.4. The summed E-state index contributed by atoms with van der Waals surface area (Å²) < 4.78 is 4.89. The molecule has 126 valence electrons. The van der Waals surface area contributed by atoms with Gasteiger partial charge >= 0.3 is 6.03 Å². The summed E-state index contributed by atoms with van der Waals surface area (Å²) in [4.78, 5) is 26.0. The number of aryl methyl sites for hydroxylation is 1. The third kappa shape index (κ3) is 4.45. The fourth-order valence-corrected chi connectivity index (χ4v) is 2.63. The van der Waals surface area contributed by atoms with E-state index in [1.807, 2.05) is 36.9 Å². The van der Waals surface area contributed by atoms with E-state index >= 15 is 0 Å². The lowest BCUT2D eigenvalue weighted by atomic mass is 9.99. The van der Waals surface area contributed by atoms with Crippen LogP contribution in [0.4, 0.5) is 16.2 Å². The van der Waals surface area contributed by atoms with Crippen molar-refractivity contribution < 1.29 is 14.3 Å². The minimum atomic E-state index is -0.278. The number of amides is 3. The van der Waals surface area contributed by atoms with Crippen LogP contribution in [-0.2, 0) is 16.0 Å². The molecule has 0 saturated carbocycles. The molecule has 1 aliphatic heterocycles. The third-order valence-corrected chi connectivity index (χ3v) is 3.81. The molecule has 6 nitrogen and oxygen atoms in total. The summed E-state index contributed by atoms with van der Waals surface area (Å²) in [5.41, 5.74) is 2.74. The van der Waals surface area contributed by atoms with Gasteiger partial charge in [0.1, 0.15) is 0 Å². The number of anilines is 2. The molecule has 1 aromatic rings. The number of ether oxygens (including phenoxy) is 1. The summed E-state index contributed by atoms with van der Waals surface area (Å²) in [7, 11) is 1.59. The normalized spacial score (nSPS) is 13.7. The number of hydrogen-bond donors (Lipinski definition) is 2. The van der Waals surface area contributed by atoms with Crippen LogP contribution in [0.3, 0.4) is 0 Å². The molecule has 0 spiro atoms. The van der Waals surface area contributed by atoms with Crippen molar-refractivity contribution in [1.29, 1.82) is 0 Å². The third-order valence-electron chi connectivity index (χ3n) is 3.81. The Balaban J connectivity index is 2.11. The molecule has 0 saturated heterocycles. The fourth-order valence-electron chi connectivity index (χ4n) is 2.63. The molecule has 0 fully saturated rings. The second-order valence-electron chi connectivity index (χ2n) is 5.97. The number of nitrogens with one attached hydrogen (secondary N) is 2. The molecule has 3 amide bonds. The van der Waals surface area contributed by atoms with E-state index in [0.717, 1.165) is 30.6 Å². The summed E-state index contributed by atoms with van der Waals surface area (Å²) in [6.07, 6.45) is 1.92. The van der Waals surface area contributed by atoms with Crippen molar-refractivity contribution in [3.63, 3.8) is 0 Å². The van der Waals surface area contributed by atoms with Gasteiger partial charge in [-0.05, 0) is 30.5 Å². The topological polar surface area (TPSA) is 70.7 Å². The molecular weight excluding hydrogens is 294 g/mol. The number of nitrogens with zero attached hydrogens (tertiary/aromatic N) is 1. The molecule has 0 unspecified atom stereocenters. The Morgan fingerprint density at radius 3 is 2.83 bits per heavy atom. The zero-order valence-electron chi connectivity index (χ0n) is 14.0. The lowest BCUT2D eigenvalue weighted by Crippen LogP contribution is -2.38. The van der Waals surface area contributed by atoms with Crippen LogP contribution in [-0.4, -0.2) is 38.7 Å². The lowest BCUT2D eigenvalue weighted by molar-refractivity contribution is -0.121. The van der Waals surface area contributed by atoms with Crippen LogP contribution < -0.4 is 15.5 Å². The number of urea groups is 1. The predicted molar refractivity (Wildman–Crippen MR) is 90.9 cm³/mol. The number of carbonyl (C=O) groups excluding carboxylic acids is 2. The fraction of sp³-hybridized carbons (Fsp3) is 0.529. The van der Waals surface area contributed by atoms with E-state index in [9.17, 15) is 9.59 Å². The number of rotatable bonds is 5. The van der Waals surface area contributed by atoms with Gasteiger partial charge in [0.25, 0.3) is 0 Å². The van der Waals surface area contributed by atoms with Gasteiger partial charge in [-0.1, -0.05) is 19.9 Å². The quantitative estimate of drug-likeness (QED) is 0.819. The minimum Gasteiger partial charge on any atom is -0.383 e. The van der Waals surface area contributed by atoms with Crippen molar-refractivity contribution in [2.24, 2.45) is 5.92 Å². The van der Waals surface area contributed by atoms with Crippen molar-refractivity contribution in [3.8, 4) is 0 Å². The number of benzene rings is 1. The largest absolute Gasteiger partial charge is 0.383 e. The number of fused-ring (bicyclic) bond motifs is 1. The Morgan fingerprint density at radius 1 is 1.35 bits per heavy atom. The van der Waals surface area contributed by atoms with Gasteiger partial charge < -0.3 is 20.3 Å². The van der Waals surface area contributed by atoms with Gasteiger partial charge in [0, 0.05) is 37.5 Å². The van der Waals surface area contributed by atoms with Crippen LogP contribution in [0.15, 0.2) is 18.2 Å². The summed E-state index contributed by atoms with van der Waals surface area (Å²) in [5.74, 6) is 0.0718. The van der Waals surface area contributed by atoms with Gasteiger partial charge in [-0.15, -0.1) is 0 Å². The summed E-state index contributed by atoms with van der Waals surface area (Å²) >= 11 is 0. The van der Waals surface area contributed by atoms with E-state index in [2.05, 4.69) is 10.6 Å². The number of hydrogen-bond acceptors (Lipinski definition) is 3. The first-order chi connectivity index (χ1) is 11.0. The maximum Gasteiger partial charge on any atom is 0.319 e. The van der Waals surface area contributed by atoms with Gasteiger partial charge in [0.05, 0.1) is 6.61 Å². The van der Waals surface area contributed by atoms with E-state index in [0.29, 0.717) is 18.8 Å². The first-order valence-corrected chi connectivity index (χ1v) is 8.01. The van der Waals surface area contributed by atoms with E-state index in [-0.39, 0.29) is 17.9 Å². The second-order valence-corrected chi connectivity index (χ2v) is 5.97. The minimum absolute atomic E-state index is 0.0464. The summed E-state index contributed by atoms with van der Waals surface area (Å²) in [6, 6.07) is 5.46. The van der Waals surface area contributed by atoms with Gasteiger partial charge in [0.15, 0.2) is 0 Å². The molecule has 0 aliphatic carbocycles. The smallest absolute Gasteiger partial charge is 0.319 e. The van der Waals surface area contributed by atoms with Crippen LogP contribution in [0.25, 0.3) is 0 Å². The van der Waals surface area contributed by atoms with Crippen molar-refractivity contribution in [2.45, 2.75) is 26.7 Å². The Hall–Kier alpha value is -2.08. The Kier molecular flexibility index (Phi) is 5.98. The Labute approximate surface area is 137 Å². The molecular formula is C17H25N3O3. The van der Waals surface area contributed by atoms with Gasteiger partial charge in [-0.3, -0.25) is 4.79 Å². The molecule has 2 rings (SSSR count). The number of methoxy groups -OCH3 is 1. The standard InChI is InChI=1S/C17H25N3O3/c1-12(2)16(21)20-9-4-5-13-6-7-14(11-15(13)20)19-17(22)18-8-10-23-3/h6-7,11-12H,4-5,8-10H2,1-3H3,(H2,18,19,22). The molecule has 2 N–H and O–H groups in total. The lowest BCUT2D eigenvalue weighted by Gasteiger charge is -2.31. The highest BCUT2D eigenvalue weighted by Gasteiger charge is 2.24. The Morgan fingerprint density at radius 2 is 2.13 bits per heavy atom. The molecule has 1 aliphatic rings. The van der Waals surface area contributed by atoms with Gasteiger partial charge in [-0.2, -0.15) is 0 Å². The molecule has 1 aromatic carbocycles. The highest BCUT2D eigenvalue weighted by molar-refractivity contribution is 5.97. The average Bonchev–Trinajstić information content (AvgIpc) is 2.53. The zero-order valence-corrected chi connectivity index (χ0v) is 14.0. The van der Waals surface area contributed by atoms with Gasteiger partial charge in [-0.25, -0.2) is 4.79 Å². The first-order valence-electron chi connectivity index (χ1n) is 8.01. The van der Waals surface area contributed by atoms with Crippen molar-refractivity contribution in [3.05, 3.63) is 23.8 Å². The monoisotopic (exact) mass is 319 g/mol. The molecule has 1 heterocycles. The van der Waals surface area contributed by atoms with Crippen LogP contribution in [0.1, 0.15) is 25.8 Å². The van der Waals surface area contributed by atoms with E-state index in [1.165, 1.54) is 0 Å². The van der Waals surface area contributed by atoms with Crippen LogP contribution in [0, 0.1) is 5.92 Å². The van der Waals surface area contributed by atoms with Crippen LogP contribution >= 0.6 is 0 Å². The molecule has 6 heteroatoms. The average molecular weight is 319 g/mol. The van der Waals surface area contributed by atoms with Crippen LogP contribution in [0.5, 0.6) is 0 Å². The predicted octanol–water partition coefficient (Wildman–Crippen LogP) is 2.39. The molecule has 0 bridgehead atoms. The Bertz CT molecular complexity index is 572. The number of carbonyl (C=O) groups is 2. The van der Waals surface area contributed by atoms with Gasteiger partial charge in [0.2, 0.25) is 5.91 Å². The summed E-state index contributed by atoms with van der Waals surface area (Å²) in [5, 5.41) is 5.50. The van der Waals surface area contributed by atoms with Crippen molar-refractivity contribution in [2.75, 3.05) is 37.0 Å². The highest BCUT2D eigenvalue weighted by Crippen LogP contribution is 2.31. The van der Waals surface area contributed by atoms with E-state index < -0.39 is 0 Å². The zero-order chi connectivity index (χ0) is 16.8. The molecule has 0 radical (unpaired) electrons. The van der Waals surface area contributed by atoms with E-state index in [4.69, 9.17) is 4.74 Å².